The van der Waals surface area contributed by atoms with Crippen LogP contribution in [-0.4, -0.2) is 28.6 Å². The molecule has 22 heavy (non-hydrogen) atoms. The highest BCUT2D eigenvalue weighted by atomic mass is 19.1. The normalized spacial score (nSPS) is 57.6. The van der Waals surface area contributed by atoms with E-state index in [9.17, 15) is 14.6 Å². The minimum absolute atomic E-state index is 0.114. The molecule has 0 aromatic heterocycles. The van der Waals surface area contributed by atoms with Crippen molar-refractivity contribution in [2.24, 2.45) is 28.6 Å². The lowest BCUT2D eigenvalue weighted by atomic mass is 9.47. The Morgan fingerprint density at radius 1 is 1.14 bits per heavy atom. The minimum Gasteiger partial charge on any atom is -0.390 e. The van der Waals surface area contributed by atoms with Gasteiger partial charge in [0.15, 0.2) is 0 Å². The Bertz CT molecular complexity index is 504. The molecular formula is C19H29FO2. The molecule has 0 heterocycles. The topological polar surface area (TPSA) is 40.5 Å². The zero-order valence-corrected chi connectivity index (χ0v) is 13.8. The van der Waals surface area contributed by atoms with Gasteiger partial charge in [-0.3, -0.25) is 0 Å². The van der Waals surface area contributed by atoms with E-state index in [2.05, 4.69) is 13.0 Å². The Kier molecular flexibility index (Phi) is 3.30. The van der Waals surface area contributed by atoms with Crippen LogP contribution in [0.2, 0.25) is 0 Å². The van der Waals surface area contributed by atoms with Gasteiger partial charge >= 0.3 is 0 Å². The molecule has 0 aromatic rings. The molecule has 3 saturated carbocycles. The van der Waals surface area contributed by atoms with E-state index in [1.807, 2.05) is 6.92 Å². The summed E-state index contributed by atoms with van der Waals surface area (Å²) in [6, 6.07) is 0. The third-order valence-corrected chi connectivity index (χ3v) is 7.98. The van der Waals surface area contributed by atoms with E-state index in [1.165, 1.54) is 24.8 Å². The summed E-state index contributed by atoms with van der Waals surface area (Å²) >= 11 is 0. The molecule has 4 aliphatic carbocycles. The first-order chi connectivity index (χ1) is 10.4. The number of alkyl halides is 1. The standard InChI is InChI=1S/C19H29FO2/c1-18-7-4-3-5-11(18)9-15(21)16-12(18)6-8-19(2)13(16)10-14(20)17(19)22/h9,12-17,21-22H,3-8,10H2,1-2H3/t12-,13-,14+,15+,16+,17+,18-,19-/m0/s1. The molecule has 0 bridgehead atoms. The van der Waals surface area contributed by atoms with Gasteiger partial charge in [-0.2, -0.15) is 0 Å². The molecule has 2 nitrogen and oxygen atoms in total. The maximum atomic E-state index is 14.2. The summed E-state index contributed by atoms with van der Waals surface area (Å²) in [6.45, 7) is 4.43. The van der Waals surface area contributed by atoms with Crippen LogP contribution < -0.4 is 0 Å². The summed E-state index contributed by atoms with van der Waals surface area (Å²) in [4.78, 5) is 0. The first-order valence-corrected chi connectivity index (χ1v) is 9.09. The monoisotopic (exact) mass is 308 g/mol. The van der Waals surface area contributed by atoms with E-state index in [1.54, 1.807) is 0 Å². The third kappa shape index (κ3) is 1.78. The van der Waals surface area contributed by atoms with E-state index in [0.717, 1.165) is 19.3 Å². The van der Waals surface area contributed by atoms with Crippen LogP contribution >= 0.6 is 0 Å². The number of hydrogen-bond acceptors (Lipinski definition) is 2. The van der Waals surface area contributed by atoms with Crippen LogP contribution in [0.5, 0.6) is 0 Å². The van der Waals surface area contributed by atoms with Gasteiger partial charge in [-0.05, 0) is 67.1 Å². The molecule has 4 rings (SSSR count). The molecule has 0 amide bonds. The van der Waals surface area contributed by atoms with Crippen molar-refractivity contribution in [3.05, 3.63) is 11.6 Å². The zero-order chi connectivity index (χ0) is 15.7. The van der Waals surface area contributed by atoms with Gasteiger partial charge in [0.25, 0.3) is 0 Å². The van der Waals surface area contributed by atoms with E-state index in [-0.39, 0.29) is 22.7 Å². The van der Waals surface area contributed by atoms with Gasteiger partial charge in [-0.1, -0.05) is 31.9 Å². The first-order valence-electron chi connectivity index (χ1n) is 9.09. The Balaban J connectivity index is 1.75. The highest BCUT2D eigenvalue weighted by molar-refractivity contribution is 5.27. The van der Waals surface area contributed by atoms with Crippen LogP contribution in [0.3, 0.4) is 0 Å². The SMILES string of the molecule is C[C@]12CC[C@H]3[C@@H]([C@H](O)C=C4CCCC[C@@]43C)[C@@H]1C[C@@H](F)[C@H]2O. The highest BCUT2D eigenvalue weighted by Crippen LogP contribution is 2.65. The number of hydrogen-bond donors (Lipinski definition) is 2. The number of halogens is 1. The molecule has 3 fully saturated rings. The lowest BCUT2D eigenvalue weighted by Crippen LogP contribution is -2.54. The molecular weight excluding hydrogens is 279 g/mol. The van der Waals surface area contributed by atoms with Crippen LogP contribution in [0.15, 0.2) is 11.6 Å². The van der Waals surface area contributed by atoms with Crippen molar-refractivity contribution in [1.29, 1.82) is 0 Å². The number of allylic oxidation sites excluding steroid dienone is 1. The summed E-state index contributed by atoms with van der Waals surface area (Å²) in [5.74, 6) is 0.696. The van der Waals surface area contributed by atoms with Crippen LogP contribution in [0.4, 0.5) is 4.39 Å². The lowest BCUT2D eigenvalue weighted by Gasteiger charge is -2.58. The molecule has 0 aliphatic heterocycles. The number of fused-ring (bicyclic) bond motifs is 5. The van der Waals surface area contributed by atoms with Crippen LogP contribution in [-0.2, 0) is 0 Å². The summed E-state index contributed by atoms with van der Waals surface area (Å²) in [5.41, 5.74) is 1.30. The minimum atomic E-state index is -1.12. The molecule has 0 spiro atoms. The molecule has 0 aromatic carbocycles. The Labute approximate surface area is 132 Å². The molecule has 124 valence electrons. The van der Waals surface area contributed by atoms with E-state index >= 15 is 0 Å². The number of aliphatic hydroxyl groups is 2. The highest BCUT2D eigenvalue weighted by Gasteiger charge is 2.62. The summed E-state index contributed by atoms with van der Waals surface area (Å²) < 4.78 is 14.2. The molecule has 2 N–H and O–H groups in total. The number of aliphatic hydroxyl groups excluding tert-OH is 2. The van der Waals surface area contributed by atoms with Gasteiger partial charge in [0, 0.05) is 0 Å². The Morgan fingerprint density at radius 3 is 2.68 bits per heavy atom. The maximum Gasteiger partial charge on any atom is 0.127 e. The average Bonchev–Trinajstić information content (AvgIpc) is 2.71. The molecule has 0 unspecified atom stereocenters. The second-order valence-corrected chi connectivity index (χ2v) is 8.84. The molecule has 3 heteroatoms. The van der Waals surface area contributed by atoms with Crippen molar-refractivity contribution in [2.75, 3.05) is 0 Å². The summed E-state index contributed by atoms with van der Waals surface area (Å²) in [5, 5.41) is 21.2. The van der Waals surface area contributed by atoms with Gasteiger partial charge in [0.2, 0.25) is 0 Å². The lowest BCUT2D eigenvalue weighted by molar-refractivity contribution is -0.104. The predicted octanol–water partition coefficient (Wildman–Crippen LogP) is 3.62. The Hall–Kier alpha value is -0.410. The first kappa shape index (κ1) is 15.1. The van der Waals surface area contributed by atoms with E-state index < -0.39 is 18.4 Å². The molecule has 0 radical (unpaired) electrons. The van der Waals surface area contributed by atoms with Crippen molar-refractivity contribution in [2.45, 2.75) is 77.2 Å². The fourth-order valence-corrected chi connectivity index (χ4v) is 6.63. The molecule has 8 atom stereocenters. The van der Waals surface area contributed by atoms with Gasteiger partial charge in [0.1, 0.15) is 6.17 Å². The Morgan fingerprint density at radius 2 is 1.91 bits per heavy atom. The van der Waals surface area contributed by atoms with Gasteiger partial charge < -0.3 is 10.2 Å². The fraction of sp³-hybridized carbons (Fsp3) is 0.895. The summed E-state index contributed by atoms with van der Waals surface area (Å²) in [7, 11) is 0. The molecule has 0 saturated heterocycles. The quantitative estimate of drug-likeness (QED) is 0.671. The maximum absolute atomic E-state index is 14.2. The largest absolute Gasteiger partial charge is 0.390 e. The summed E-state index contributed by atoms with van der Waals surface area (Å²) in [6.07, 6.45) is 6.85. The van der Waals surface area contributed by atoms with Gasteiger partial charge in [-0.15, -0.1) is 0 Å². The van der Waals surface area contributed by atoms with E-state index in [4.69, 9.17) is 0 Å². The van der Waals surface area contributed by atoms with Crippen LogP contribution in [0, 0.1) is 28.6 Å². The zero-order valence-electron chi connectivity index (χ0n) is 13.8. The third-order valence-electron chi connectivity index (χ3n) is 7.98. The van der Waals surface area contributed by atoms with Crippen molar-refractivity contribution in [3.63, 3.8) is 0 Å². The average molecular weight is 308 g/mol. The second kappa shape index (κ2) is 4.80. The van der Waals surface area contributed by atoms with E-state index in [0.29, 0.717) is 12.3 Å². The van der Waals surface area contributed by atoms with Crippen molar-refractivity contribution < 1.29 is 14.6 Å². The van der Waals surface area contributed by atoms with Crippen molar-refractivity contribution >= 4 is 0 Å². The fourth-order valence-electron chi connectivity index (χ4n) is 6.63. The van der Waals surface area contributed by atoms with Crippen molar-refractivity contribution in [3.8, 4) is 0 Å². The number of rotatable bonds is 0. The van der Waals surface area contributed by atoms with Crippen LogP contribution in [0.25, 0.3) is 0 Å². The predicted molar refractivity (Wildman–Crippen MR) is 84.0 cm³/mol. The van der Waals surface area contributed by atoms with Gasteiger partial charge in [0.05, 0.1) is 12.2 Å². The van der Waals surface area contributed by atoms with Gasteiger partial charge in [-0.25, -0.2) is 4.39 Å². The van der Waals surface area contributed by atoms with Crippen molar-refractivity contribution in [1.82, 2.24) is 0 Å². The second-order valence-electron chi connectivity index (χ2n) is 8.84. The van der Waals surface area contributed by atoms with Crippen LogP contribution in [0.1, 0.15) is 58.8 Å². The molecule has 4 aliphatic rings. The smallest absolute Gasteiger partial charge is 0.127 e.